The molecule has 0 unspecified atom stereocenters. The Labute approximate surface area is 84.1 Å². The van der Waals surface area contributed by atoms with E-state index in [0.717, 1.165) is 12.1 Å². The minimum absolute atomic E-state index is 0.00148. The van der Waals surface area contributed by atoms with Crippen molar-refractivity contribution in [3.8, 4) is 0 Å². The van der Waals surface area contributed by atoms with Crippen molar-refractivity contribution in [3.63, 3.8) is 0 Å². The third-order valence-corrected chi connectivity index (χ3v) is 1.94. The number of nitrogens with one attached hydrogen (secondary N) is 1. The zero-order chi connectivity index (χ0) is 11.6. The highest BCUT2D eigenvalue weighted by Gasteiger charge is 2.18. The van der Waals surface area contributed by atoms with Gasteiger partial charge in [0.25, 0.3) is 5.69 Å². The molecule has 1 aromatic rings. The van der Waals surface area contributed by atoms with E-state index in [9.17, 15) is 14.9 Å². The van der Waals surface area contributed by atoms with Gasteiger partial charge in [0.2, 0.25) is 0 Å². The minimum Gasteiger partial charge on any atom is -0.478 e. The SMILES string of the molecule is Cc1c(NO)cc(C(=O)O)cc1[N+](=O)[O-]. The number of benzene rings is 1. The van der Waals surface area contributed by atoms with Crippen LogP contribution in [0.3, 0.4) is 0 Å². The van der Waals surface area contributed by atoms with Gasteiger partial charge in [0, 0.05) is 6.07 Å². The second-order valence-electron chi connectivity index (χ2n) is 2.84. The Balaban J connectivity index is 3.45. The number of nitrogens with zero attached hydrogens (tertiary/aromatic N) is 1. The molecule has 0 bridgehead atoms. The molecule has 0 amide bonds. The van der Waals surface area contributed by atoms with Crippen molar-refractivity contribution in [2.75, 3.05) is 5.48 Å². The third-order valence-electron chi connectivity index (χ3n) is 1.94. The summed E-state index contributed by atoms with van der Waals surface area (Å²) < 4.78 is 0. The summed E-state index contributed by atoms with van der Waals surface area (Å²) in [4.78, 5) is 20.5. The maximum Gasteiger partial charge on any atom is 0.336 e. The standard InChI is InChI=1S/C8H8N2O5/c1-4-6(9-13)2-5(8(11)12)3-7(4)10(14)15/h2-3,9,13H,1H3,(H,11,12). The van der Waals surface area contributed by atoms with Crippen LogP contribution in [0, 0.1) is 17.0 Å². The van der Waals surface area contributed by atoms with Gasteiger partial charge >= 0.3 is 5.97 Å². The van der Waals surface area contributed by atoms with Gasteiger partial charge in [0.05, 0.1) is 21.7 Å². The van der Waals surface area contributed by atoms with Gasteiger partial charge in [-0.1, -0.05) is 0 Å². The van der Waals surface area contributed by atoms with Crippen molar-refractivity contribution in [2.24, 2.45) is 0 Å². The molecule has 3 N–H and O–H groups in total. The molecular formula is C8H8N2O5. The van der Waals surface area contributed by atoms with Crippen molar-refractivity contribution < 1.29 is 20.0 Å². The van der Waals surface area contributed by atoms with E-state index in [1.54, 1.807) is 5.48 Å². The number of nitro benzene ring substituents is 1. The Morgan fingerprint density at radius 1 is 1.53 bits per heavy atom. The Morgan fingerprint density at radius 3 is 2.53 bits per heavy atom. The molecule has 1 aromatic carbocycles. The number of rotatable bonds is 3. The van der Waals surface area contributed by atoms with Crippen molar-refractivity contribution >= 4 is 17.3 Å². The van der Waals surface area contributed by atoms with Gasteiger partial charge in [0.15, 0.2) is 0 Å². The highest BCUT2D eigenvalue weighted by molar-refractivity contribution is 5.90. The van der Waals surface area contributed by atoms with E-state index < -0.39 is 10.9 Å². The molecule has 0 atom stereocenters. The Kier molecular flexibility index (Phi) is 2.86. The summed E-state index contributed by atoms with van der Waals surface area (Å²) in [6.45, 7) is 1.41. The lowest BCUT2D eigenvalue weighted by atomic mass is 10.1. The molecule has 15 heavy (non-hydrogen) atoms. The van der Waals surface area contributed by atoms with Crippen LogP contribution in [0.15, 0.2) is 12.1 Å². The van der Waals surface area contributed by atoms with E-state index in [-0.39, 0.29) is 22.5 Å². The largest absolute Gasteiger partial charge is 0.478 e. The molecule has 0 aliphatic rings. The normalized spacial score (nSPS) is 9.73. The van der Waals surface area contributed by atoms with Crippen LogP contribution in [-0.2, 0) is 0 Å². The van der Waals surface area contributed by atoms with E-state index in [1.807, 2.05) is 0 Å². The molecule has 7 heteroatoms. The fraction of sp³-hybridized carbons (Fsp3) is 0.125. The molecule has 0 spiro atoms. The molecular weight excluding hydrogens is 204 g/mol. The van der Waals surface area contributed by atoms with Gasteiger partial charge in [-0.25, -0.2) is 4.79 Å². The van der Waals surface area contributed by atoms with Crippen LogP contribution < -0.4 is 5.48 Å². The van der Waals surface area contributed by atoms with Crippen LogP contribution >= 0.6 is 0 Å². The molecule has 7 nitrogen and oxygen atoms in total. The second-order valence-corrected chi connectivity index (χ2v) is 2.84. The van der Waals surface area contributed by atoms with E-state index in [1.165, 1.54) is 6.92 Å². The summed E-state index contributed by atoms with van der Waals surface area (Å²) in [5.74, 6) is -1.30. The Morgan fingerprint density at radius 2 is 2.13 bits per heavy atom. The van der Waals surface area contributed by atoms with Crippen LogP contribution in [0.2, 0.25) is 0 Å². The summed E-state index contributed by atoms with van der Waals surface area (Å²) in [5, 5.41) is 27.9. The Bertz CT molecular complexity index is 429. The van der Waals surface area contributed by atoms with E-state index in [0.29, 0.717) is 0 Å². The molecule has 1 rings (SSSR count). The summed E-state index contributed by atoms with van der Waals surface area (Å²) in [7, 11) is 0. The summed E-state index contributed by atoms with van der Waals surface area (Å²) in [5.41, 5.74) is 1.28. The van der Waals surface area contributed by atoms with E-state index in [2.05, 4.69) is 0 Å². The van der Waals surface area contributed by atoms with Gasteiger partial charge < -0.3 is 5.11 Å². The number of carboxylic acid groups (broad SMARTS) is 1. The third kappa shape index (κ3) is 2.02. The van der Waals surface area contributed by atoms with Crippen molar-refractivity contribution in [3.05, 3.63) is 33.4 Å². The summed E-state index contributed by atoms with van der Waals surface area (Å²) in [6, 6.07) is 2.06. The number of anilines is 1. The average Bonchev–Trinajstić information content (AvgIpc) is 2.17. The maximum absolute atomic E-state index is 10.6. The fourth-order valence-electron chi connectivity index (χ4n) is 1.13. The molecule has 0 aromatic heterocycles. The lowest BCUT2D eigenvalue weighted by molar-refractivity contribution is -0.385. The van der Waals surface area contributed by atoms with Crippen molar-refractivity contribution in [2.45, 2.75) is 6.92 Å². The number of aromatic carboxylic acids is 1. The first kappa shape index (κ1) is 10.9. The van der Waals surface area contributed by atoms with Gasteiger partial charge in [-0.3, -0.25) is 20.8 Å². The zero-order valence-electron chi connectivity index (χ0n) is 7.72. The number of hydrogen-bond donors (Lipinski definition) is 3. The number of carboxylic acids is 1. The predicted octanol–water partition coefficient (Wildman–Crippen LogP) is 1.40. The predicted molar refractivity (Wildman–Crippen MR) is 50.2 cm³/mol. The highest BCUT2D eigenvalue weighted by Crippen LogP contribution is 2.27. The molecule has 0 fully saturated rings. The van der Waals surface area contributed by atoms with Crippen LogP contribution in [-0.4, -0.2) is 21.2 Å². The molecule has 0 saturated carbocycles. The first-order chi connectivity index (χ1) is 6.97. The lowest BCUT2D eigenvalue weighted by Gasteiger charge is -2.05. The van der Waals surface area contributed by atoms with E-state index in [4.69, 9.17) is 10.3 Å². The zero-order valence-corrected chi connectivity index (χ0v) is 7.72. The van der Waals surface area contributed by atoms with Crippen LogP contribution in [0.1, 0.15) is 15.9 Å². The smallest absolute Gasteiger partial charge is 0.336 e. The fourth-order valence-corrected chi connectivity index (χ4v) is 1.13. The van der Waals surface area contributed by atoms with Crippen LogP contribution in [0.5, 0.6) is 0 Å². The number of carbonyl (C=O) groups is 1. The highest BCUT2D eigenvalue weighted by atomic mass is 16.6. The molecule has 0 saturated heterocycles. The lowest BCUT2D eigenvalue weighted by Crippen LogP contribution is -2.03. The molecule has 0 aliphatic heterocycles. The number of hydrogen-bond acceptors (Lipinski definition) is 5. The van der Waals surface area contributed by atoms with Gasteiger partial charge in [-0.05, 0) is 13.0 Å². The molecule has 80 valence electrons. The van der Waals surface area contributed by atoms with Crippen LogP contribution in [0.25, 0.3) is 0 Å². The van der Waals surface area contributed by atoms with E-state index >= 15 is 0 Å². The quantitative estimate of drug-likeness (QED) is 0.515. The second kappa shape index (κ2) is 3.93. The van der Waals surface area contributed by atoms with Crippen molar-refractivity contribution in [1.29, 1.82) is 0 Å². The van der Waals surface area contributed by atoms with Gasteiger partial charge in [-0.2, -0.15) is 0 Å². The topological polar surface area (TPSA) is 113 Å². The minimum atomic E-state index is -1.30. The molecule has 0 radical (unpaired) electrons. The summed E-state index contributed by atoms with van der Waals surface area (Å²) in [6.07, 6.45) is 0. The van der Waals surface area contributed by atoms with Crippen LogP contribution in [0.4, 0.5) is 11.4 Å². The summed E-state index contributed by atoms with van der Waals surface area (Å²) >= 11 is 0. The first-order valence-electron chi connectivity index (χ1n) is 3.89. The Hall–Kier alpha value is -2.15. The number of nitro groups is 1. The molecule has 0 aliphatic carbocycles. The first-order valence-corrected chi connectivity index (χ1v) is 3.89. The average molecular weight is 212 g/mol. The van der Waals surface area contributed by atoms with Crippen molar-refractivity contribution in [1.82, 2.24) is 0 Å². The van der Waals surface area contributed by atoms with Gasteiger partial charge in [0.1, 0.15) is 0 Å². The van der Waals surface area contributed by atoms with Gasteiger partial charge in [-0.15, -0.1) is 0 Å². The molecule has 0 heterocycles. The maximum atomic E-state index is 10.6. The monoisotopic (exact) mass is 212 g/mol.